The Kier molecular flexibility index (Phi) is 8.51. The molecular formula is C21H33N5OS. The predicted octanol–water partition coefficient (Wildman–Crippen LogP) is 4.44. The summed E-state index contributed by atoms with van der Waals surface area (Å²) in [6.07, 6.45) is 3.14. The van der Waals surface area contributed by atoms with Gasteiger partial charge in [-0.15, -0.1) is 10.2 Å². The van der Waals surface area contributed by atoms with Crippen LogP contribution in [0.2, 0.25) is 0 Å². The van der Waals surface area contributed by atoms with Crippen molar-refractivity contribution in [1.29, 1.82) is 0 Å². The van der Waals surface area contributed by atoms with E-state index in [4.69, 9.17) is 0 Å². The van der Waals surface area contributed by atoms with E-state index < -0.39 is 0 Å². The Bertz CT molecular complexity index is 787. The van der Waals surface area contributed by atoms with Gasteiger partial charge in [0.2, 0.25) is 5.91 Å². The number of carbonyl (C=O) groups is 1. The summed E-state index contributed by atoms with van der Waals surface area (Å²) in [7, 11) is 4.13. The Morgan fingerprint density at radius 3 is 2.57 bits per heavy atom. The van der Waals surface area contributed by atoms with E-state index in [2.05, 4.69) is 59.8 Å². The number of hydrogen-bond acceptors (Lipinski definition) is 5. The highest BCUT2D eigenvalue weighted by Crippen LogP contribution is 2.26. The summed E-state index contributed by atoms with van der Waals surface area (Å²) >= 11 is 1.45. The van der Waals surface area contributed by atoms with E-state index in [9.17, 15) is 4.79 Å². The number of unbranched alkanes of at least 4 members (excludes halogenated alkanes) is 1. The van der Waals surface area contributed by atoms with Crippen molar-refractivity contribution in [3.05, 3.63) is 35.2 Å². The van der Waals surface area contributed by atoms with Crippen LogP contribution in [0.5, 0.6) is 0 Å². The normalized spacial score (nSPS) is 12.4. The summed E-state index contributed by atoms with van der Waals surface area (Å²) in [5, 5.41) is 12.7. The van der Waals surface area contributed by atoms with Crippen LogP contribution in [0, 0.1) is 13.8 Å². The van der Waals surface area contributed by atoms with Crippen molar-refractivity contribution in [1.82, 2.24) is 19.7 Å². The Morgan fingerprint density at radius 2 is 1.96 bits per heavy atom. The molecule has 0 saturated carbocycles. The molecule has 1 N–H and O–H groups in total. The average molecular weight is 404 g/mol. The molecule has 2 aromatic rings. The number of carbonyl (C=O) groups excluding carboxylic acids is 1. The standard InChI is InChI=1S/C21H33N5OS/c1-7-9-12-26-20(18(8-2)25(5)6)23-24-21(26)28-14-19(27)22-17-11-10-15(3)16(4)13-17/h10-11,13,18H,7-9,12,14H2,1-6H3,(H,22,27). The number of anilines is 1. The lowest BCUT2D eigenvalue weighted by Crippen LogP contribution is -2.23. The maximum atomic E-state index is 12.4. The number of nitrogens with zero attached hydrogens (tertiary/aromatic N) is 4. The van der Waals surface area contributed by atoms with Crippen molar-refractivity contribution in [2.75, 3.05) is 25.2 Å². The first-order chi connectivity index (χ1) is 13.4. The van der Waals surface area contributed by atoms with Gasteiger partial charge in [0.15, 0.2) is 11.0 Å². The molecular weight excluding hydrogens is 370 g/mol. The van der Waals surface area contributed by atoms with Crippen LogP contribution in [-0.4, -0.2) is 45.4 Å². The van der Waals surface area contributed by atoms with Crippen LogP contribution in [0.4, 0.5) is 5.69 Å². The van der Waals surface area contributed by atoms with E-state index in [0.29, 0.717) is 5.75 Å². The highest BCUT2D eigenvalue weighted by atomic mass is 32.2. The van der Waals surface area contributed by atoms with Crippen molar-refractivity contribution in [3.63, 3.8) is 0 Å². The Labute approximate surface area is 173 Å². The molecule has 0 fully saturated rings. The molecule has 6 nitrogen and oxygen atoms in total. The zero-order valence-corrected chi connectivity index (χ0v) is 18.8. The monoisotopic (exact) mass is 403 g/mol. The van der Waals surface area contributed by atoms with Crippen molar-refractivity contribution in [3.8, 4) is 0 Å². The first-order valence-corrected chi connectivity index (χ1v) is 10.9. The van der Waals surface area contributed by atoms with E-state index in [0.717, 1.165) is 42.5 Å². The lowest BCUT2D eigenvalue weighted by atomic mass is 10.1. The van der Waals surface area contributed by atoms with E-state index in [-0.39, 0.29) is 11.9 Å². The second-order valence-corrected chi connectivity index (χ2v) is 8.31. The van der Waals surface area contributed by atoms with E-state index in [1.54, 1.807) is 0 Å². The number of nitrogens with one attached hydrogen (secondary N) is 1. The molecule has 1 amide bonds. The van der Waals surface area contributed by atoms with Gasteiger partial charge in [0.1, 0.15) is 0 Å². The predicted molar refractivity (Wildman–Crippen MR) is 117 cm³/mol. The summed E-state index contributed by atoms with van der Waals surface area (Å²) in [5.41, 5.74) is 3.22. The van der Waals surface area contributed by atoms with E-state index in [1.165, 1.54) is 22.9 Å². The van der Waals surface area contributed by atoms with Gasteiger partial charge in [-0.2, -0.15) is 0 Å². The Morgan fingerprint density at radius 1 is 1.21 bits per heavy atom. The molecule has 0 bridgehead atoms. The minimum Gasteiger partial charge on any atom is -0.325 e. The van der Waals surface area contributed by atoms with Crippen LogP contribution in [0.1, 0.15) is 56.1 Å². The number of thioether (sulfide) groups is 1. The fourth-order valence-electron chi connectivity index (χ4n) is 3.10. The van der Waals surface area contributed by atoms with E-state index in [1.807, 2.05) is 25.1 Å². The summed E-state index contributed by atoms with van der Waals surface area (Å²) < 4.78 is 2.19. The lowest BCUT2D eigenvalue weighted by molar-refractivity contribution is -0.113. The largest absolute Gasteiger partial charge is 0.325 e. The quantitative estimate of drug-likeness (QED) is 0.594. The molecule has 0 saturated heterocycles. The van der Waals surface area contributed by atoms with Crippen molar-refractivity contribution in [2.24, 2.45) is 0 Å². The van der Waals surface area contributed by atoms with Gasteiger partial charge in [-0.25, -0.2) is 0 Å². The summed E-state index contributed by atoms with van der Waals surface area (Å²) in [5.74, 6) is 1.27. The fourth-order valence-corrected chi connectivity index (χ4v) is 3.88. The molecule has 0 aliphatic heterocycles. The third-order valence-electron chi connectivity index (χ3n) is 4.91. The molecule has 1 aromatic heterocycles. The second kappa shape index (κ2) is 10.6. The second-order valence-electron chi connectivity index (χ2n) is 7.37. The topological polar surface area (TPSA) is 63.1 Å². The van der Waals surface area contributed by atoms with Gasteiger partial charge in [0.05, 0.1) is 11.8 Å². The number of aromatic nitrogens is 3. The van der Waals surface area contributed by atoms with Gasteiger partial charge in [-0.1, -0.05) is 38.1 Å². The van der Waals surface area contributed by atoms with Crippen LogP contribution in [0.15, 0.2) is 23.4 Å². The molecule has 2 rings (SSSR count). The number of amides is 1. The van der Waals surface area contributed by atoms with Crippen molar-refractivity contribution in [2.45, 2.75) is 64.7 Å². The number of rotatable bonds is 10. The molecule has 0 spiro atoms. The smallest absolute Gasteiger partial charge is 0.234 e. The molecule has 0 aliphatic rings. The van der Waals surface area contributed by atoms with Gasteiger partial charge < -0.3 is 9.88 Å². The van der Waals surface area contributed by atoms with E-state index >= 15 is 0 Å². The maximum Gasteiger partial charge on any atom is 0.234 e. The van der Waals surface area contributed by atoms with Crippen LogP contribution in [-0.2, 0) is 11.3 Å². The number of benzene rings is 1. The zero-order valence-electron chi connectivity index (χ0n) is 18.0. The zero-order chi connectivity index (χ0) is 20.7. The first kappa shape index (κ1) is 22.4. The lowest BCUT2D eigenvalue weighted by Gasteiger charge is -2.23. The molecule has 1 aromatic carbocycles. The first-order valence-electron chi connectivity index (χ1n) is 9.96. The SMILES string of the molecule is CCCCn1c(SCC(=O)Nc2ccc(C)c(C)c2)nnc1C(CC)N(C)C. The molecule has 0 aliphatic carbocycles. The Hall–Kier alpha value is -1.86. The Balaban J connectivity index is 2.08. The maximum absolute atomic E-state index is 12.4. The molecule has 28 heavy (non-hydrogen) atoms. The molecule has 154 valence electrons. The van der Waals surface area contributed by atoms with Gasteiger partial charge in [0.25, 0.3) is 0 Å². The molecule has 1 heterocycles. The van der Waals surface area contributed by atoms with Crippen LogP contribution < -0.4 is 5.32 Å². The molecule has 1 atom stereocenters. The molecule has 7 heteroatoms. The van der Waals surface area contributed by atoms with Gasteiger partial charge in [0, 0.05) is 12.2 Å². The highest BCUT2D eigenvalue weighted by molar-refractivity contribution is 7.99. The van der Waals surface area contributed by atoms with Crippen molar-refractivity contribution < 1.29 is 4.79 Å². The van der Waals surface area contributed by atoms with Gasteiger partial charge >= 0.3 is 0 Å². The summed E-state index contributed by atoms with van der Waals surface area (Å²) in [6.45, 7) is 9.33. The minimum absolute atomic E-state index is 0.0282. The molecule has 1 unspecified atom stereocenters. The third kappa shape index (κ3) is 5.82. The van der Waals surface area contributed by atoms with Crippen LogP contribution in [0.3, 0.4) is 0 Å². The van der Waals surface area contributed by atoms with Crippen LogP contribution >= 0.6 is 11.8 Å². The number of aryl methyl sites for hydroxylation is 2. The minimum atomic E-state index is -0.0282. The highest BCUT2D eigenvalue weighted by Gasteiger charge is 2.22. The summed E-state index contributed by atoms with van der Waals surface area (Å²) in [6, 6.07) is 6.19. The van der Waals surface area contributed by atoms with Crippen LogP contribution in [0.25, 0.3) is 0 Å². The average Bonchev–Trinajstić information content (AvgIpc) is 3.04. The van der Waals surface area contributed by atoms with Gasteiger partial charge in [-0.05, 0) is 64.0 Å². The van der Waals surface area contributed by atoms with Gasteiger partial charge in [-0.3, -0.25) is 9.69 Å². The fraction of sp³-hybridized carbons (Fsp3) is 0.571. The van der Waals surface area contributed by atoms with Crippen molar-refractivity contribution >= 4 is 23.4 Å². The molecule has 0 radical (unpaired) electrons. The summed E-state index contributed by atoms with van der Waals surface area (Å²) in [4.78, 5) is 14.6. The third-order valence-corrected chi connectivity index (χ3v) is 5.88. The number of hydrogen-bond donors (Lipinski definition) is 1.